The minimum absolute atomic E-state index is 0.287. The van der Waals surface area contributed by atoms with E-state index in [0.717, 1.165) is 37.3 Å². The van der Waals surface area contributed by atoms with Crippen molar-refractivity contribution in [2.24, 2.45) is 0 Å². The highest BCUT2D eigenvalue weighted by Crippen LogP contribution is 2.35. The number of aryl methyl sites for hydroxylation is 1. The van der Waals surface area contributed by atoms with Crippen molar-refractivity contribution in [3.63, 3.8) is 0 Å². The van der Waals surface area contributed by atoms with Gasteiger partial charge in [0.2, 0.25) is 0 Å². The molecule has 0 spiro atoms. The molecule has 1 N–H and O–H groups in total. The second-order valence-corrected chi connectivity index (χ2v) is 5.80. The van der Waals surface area contributed by atoms with E-state index in [9.17, 15) is 0 Å². The molecular weight excluding hydrogens is 250 g/mol. The van der Waals surface area contributed by atoms with Crippen LogP contribution >= 0.6 is 0 Å². The van der Waals surface area contributed by atoms with Crippen LogP contribution in [0, 0.1) is 0 Å². The lowest BCUT2D eigenvalue weighted by molar-refractivity contribution is 0.254. The molecule has 0 radical (unpaired) electrons. The molecular formula is C17H27NO2. The molecule has 20 heavy (non-hydrogen) atoms. The van der Waals surface area contributed by atoms with Crippen molar-refractivity contribution < 1.29 is 9.47 Å². The Kier molecular flexibility index (Phi) is 5.30. The average Bonchev–Trinajstić information content (AvgIpc) is 2.80. The largest absolute Gasteiger partial charge is 0.496 e. The van der Waals surface area contributed by atoms with Gasteiger partial charge in [0.05, 0.1) is 7.11 Å². The molecule has 112 valence electrons. The number of hydrogen-bond acceptors (Lipinski definition) is 3. The SMILES string of the molecule is CCCNC(C)CCc1cc2c(cc1OC)CC(C)O2. The molecule has 1 aromatic rings. The van der Waals surface area contributed by atoms with Gasteiger partial charge in [-0.1, -0.05) is 6.92 Å². The first kappa shape index (κ1) is 15.2. The monoisotopic (exact) mass is 277 g/mol. The van der Waals surface area contributed by atoms with E-state index in [1.165, 1.54) is 17.5 Å². The van der Waals surface area contributed by atoms with E-state index in [4.69, 9.17) is 9.47 Å². The summed E-state index contributed by atoms with van der Waals surface area (Å²) in [5, 5.41) is 3.53. The Bertz CT molecular complexity index is 445. The van der Waals surface area contributed by atoms with Crippen LogP contribution in [0.4, 0.5) is 0 Å². The summed E-state index contributed by atoms with van der Waals surface area (Å²) < 4.78 is 11.4. The van der Waals surface area contributed by atoms with Crippen LogP contribution in [0.1, 0.15) is 44.7 Å². The van der Waals surface area contributed by atoms with Gasteiger partial charge < -0.3 is 14.8 Å². The third-order valence-electron chi connectivity index (χ3n) is 3.89. The fourth-order valence-electron chi connectivity index (χ4n) is 2.73. The number of ether oxygens (including phenoxy) is 2. The van der Waals surface area contributed by atoms with E-state index < -0.39 is 0 Å². The van der Waals surface area contributed by atoms with Gasteiger partial charge in [0.15, 0.2) is 0 Å². The molecule has 1 aliphatic heterocycles. The lowest BCUT2D eigenvalue weighted by Crippen LogP contribution is -2.27. The van der Waals surface area contributed by atoms with Crippen LogP contribution in [0.25, 0.3) is 0 Å². The number of fused-ring (bicyclic) bond motifs is 1. The van der Waals surface area contributed by atoms with E-state index in [0.29, 0.717) is 6.04 Å². The second-order valence-electron chi connectivity index (χ2n) is 5.80. The minimum atomic E-state index is 0.287. The van der Waals surface area contributed by atoms with Gasteiger partial charge in [0.1, 0.15) is 17.6 Å². The van der Waals surface area contributed by atoms with Crippen molar-refractivity contribution in [3.05, 3.63) is 23.3 Å². The van der Waals surface area contributed by atoms with Crippen molar-refractivity contribution in [1.82, 2.24) is 5.32 Å². The molecule has 0 bridgehead atoms. The fourth-order valence-corrected chi connectivity index (χ4v) is 2.73. The average molecular weight is 277 g/mol. The van der Waals surface area contributed by atoms with Gasteiger partial charge in [-0.2, -0.15) is 0 Å². The summed E-state index contributed by atoms with van der Waals surface area (Å²) in [4.78, 5) is 0. The highest BCUT2D eigenvalue weighted by atomic mass is 16.5. The van der Waals surface area contributed by atoms with E-state index in [2.05, 4.69) is 38.2 Å². The highest BCUT2D eigenvalue weighted by molar-refractivity contribution is 5.48. The van der Waals surface area contributed by atoms with Crippen LogP contribution < -0.4 is 14.8 Å². The smallest absolute Gasteiger partial charge is 0.123 e. The number of rotatable bonds is 7. The maximum absolute atomic E-state index is 5.85. The summed E-state index contributed by atoms with van der Waals surface area (Å²) in [6.07, 6.45) is 4.59. The normalized spacial score (nSPS) is 18.5. The molecule has 1 aliphatic rings. The Morgan fingerprint density at radius 3 is 2.95 bits per heavy atom. The first-order chi connectivity index (χ1) is 9.63. The first-order valence-electron chi connectivity index (χ1n) is 7.73. The van der Waals surface area contributed by atoms with Crippen LogP contribution in [-0.4, -0.2) is 25.8 Å². The molecule has 0 fully saturated rings. The number of methoxy groups -OCH3 is 1. The second kappa shape index (κ2) is 6.98. The van der Waals surface area contributed by atoms with Gasteiger partial charge >= 0.3 is 0 Å². The van der Waals surface area contributed by atoms with Crippen molar-refractivity contribution in [2.45, 2.75) is 58.6 Å². The standard InChI is InChI=1S/C17H27NO2/c1-5-8-18-12(2)6-7-14-10-17-15(9-13(3)20-17)11-16(14)19-4/h10-13,18H,5-9H2,1-4H3. The molecule has 0 aromatic heterocycles. The van der Waals surface area contributed by atoms with E-state index in [1.807, 2.05) is 0 Å². The summed E-state index contributed by atoms with van der Waals surface area (Å²) in [7, 11) is 1.75. The third kappa shape index (κ3) is 3.66. The van der Waals surface area contributed by atoms with Crippen LogP contribution in [0.3, 0.4) is 0 Å². The predicted molar refractivity (Wildman–Crippen MR) is 82.9 cm³/mol. The summed E-state index contributed by atoms with van der Waals surface area (Å²) in [5.41, 5.74) is 2.53. The summed E-state index contributed by atoms with van der Waals surface area (Å²) in [5.74, 6) is 2.05. The Labute approximate surface area is 122 Å². The molecule has 2 rings (SSSR count). The first-order valence-corrected chi connectivity index (χ1v) is 7.73. The molecule has 3 heteroatoms. The fraction of sp³-hybridized carbons (Fsp3) is 0.647. The molecule has 3 nitrogen and oxygen atoms in total. The lowest BCUT2D eigenvalue weighted by atomic mass is 10.0. The number of benzene rings is 1. The van der Waals surface area contributed by atoms with Crippen LogP contribution in [0.15, 0.2) is 12.1 Å². The summed E-state index contributed by atoms with van der Waals surface area (Å²) in [6, 6.07) is 4.86. The van der Waals surface area contributed by atoms with E-state index >= 15 is 0 Å². The summed E-state index contributed by atoms with van der Waals surface area (Å²) in [6.45, 7) is 7.64. The number of hydrogen-bond donors (Lipinski definition) is 1. The van der Waals surface area contributed by atoms with Crippen LogP contribution in [-0.2, 0) is 12.8 Å². The van der Waals surface area contributed by atoms with E-state index in [-0.39, 0.29) is 6.10 Å². The minimum Gasteiger partial charge on any atom is -0.496 e. The molecule has 1 heterocycles. The van der Waals surface area contributed by atoms with Crippen LogP contribution in [0.2, 0.25) is 0 Å². The zero-order chi connectivity index (χ0) is 14.5. The molecule has 2 unspecified atom stereocenters. The van der Waals surface area contributed by atoms with Gasteiger partial charge in [0, 0.05) is 18.0 Å². The van der Waals surface area contributed by atoms with Crippen molar-refractivity contribution in [1.29, 1.82) is 0 Å². The van der Waals surface area contributed by atoms with Crippen molar-refractivity contribution in [2.75, 3.05) is 13.7 Å². The molecule has 2 atom stereocenters. The lowest BCUT2D eigenvalue weighted by Gasteiger charge is -2.15. The maximum atomic E-state index is 5.85. The zero-order valence-corrected chi connectivity index (χ0v) is 13.2. The summed E-state index contributed by atoms with van der Waals surface area (Å²) >= 11 is 0. The Morgan fingerprint density at radius 2 is 2.25 bits per heavy atom. The number of nitrogens with one attached hydrogen (secondary N) is 1. The van der Waals surface area contributed by atoms with Crippen LogP contribution in [0.5, 0.6) is 11.5 Å². The third-order valence-corrected chi connectivity index (χ3v) is 3.89. The molecule has 0 amide bonds. The highest BCUT2D eigenvalue weighted by Gasteiger charge is 2.21. The van der Waals surface area contributed by atoms with E-state index in [1.54, 1.807) is 7.11 Å². The van der Waals surface area contributed by atoms with Crippen molar-refractivity contribution in [3.8, 4) is 11.5 Å². The van der Waals surface area contributed by atoms with Gasteiger partial charge in [-0.3, -0.25) is 0 Å². The van der Waals surface area contributed by atoms with Crippen molar-refractivity contribution >= 4 is 0 Å². The Hall–Kier alpha value is -1.22. The van der Waals surface area contributed by atoms with Gasteiger partial charge in [-0.05, 0) is 57.4 Å². The Morgan fingerprint density at radius 1 is 1.45 bits per heavy atom. The quantitative estimate of drug-likeness (QED) is 0.829. The van der Waals surface area contributed by atoms with Gasteiger partial charge in [-0.15, -0.1) is 0 Å². The Balaban J connectivity index is 2.02. The topological polar surface area (TPSA) is 30.5 Å². The zero-order valence-electron chi connectivity index (χ0n) is 13.2. The van der Waals surface area contributed by atoms with Gasteiger partial charge in [0.25, 0.3) is 0 Å². The predicted octanol–water partition coefficient (Wildman–Crippen LogP) is 3.34. The maximum Gasteiger partial charge on any atom is 0.123 e. The molecule has 0 saturated heterocycles. The molecule has 1 aromatic carbocycles. The molecule has 0 aliphatic carbocycles. The molecule has 0 saturated carbocycles. The van der Waals surface area contributed by atoms with Gasteiger partial charge in [-0.25, -0.2) is 0 Å².